The van der Waals surface area contributed by atoms with Gasteiger partial charge in [-0.3, -0.25) is 4.79 Å². The van der Waals surface area contributed by atoms with Gasteiger partial charge in [0.25, 0.3) is 0 Å². The second kappa shape index (κ2) is 2.84. The standard InChI is InChI=1S/C10H14O3/c1-5(2)8-6-3-4-7(13-6)9(8)10(11)12/h3-9H,1-2H3,(H,11,12). The van der Waals surface area contributed by atoms with Gasteiger partial charge in [-0.05, 0) is 5.92 Å². The monoisotopic (exact) mass is 182 g/mol. The van der Waals surface area contributed by atoms with Crippen LogP contribution in [0.25, 0.3) is 0 Å². The Hall–Kier alpha value is -0.830. The molecule has 0 spiro atoms. The maximum Gasteiger partial charge on any atom is 0.309 e. The number of rotatable bonds is 2. The maximum absolute atomic E-state index is 11.0. The van der Waals surface area contributed by atoms with Crippen LogP contribution in [0.5, 0.6) is 0 Å². The van der Waals surface area contributed by atoms with Crippen LogP contribution in [0, 0.1) is 17.8 Å². The molecule has 1 N–H and O–H groups in total. The number of ether oxygens (including phenoxy) is 1. The number of carboxylic acid groups (broad SMARTS) is 1. The van der Waals surface area contributed by atoms with Crippen LogP contribution in [0.4, 0.5) is 0 Å². The van der Waals surface area contributed by atoms with Gasteiger partial charge >= 0.3 is 5.97 Å². The van der Waals surface area contributed by atoms with Gasteiger partial charge in [0.2, 0.25) is 0 Å². The zero-order valence-electron chi connectivity index (χ0n) is 7.81. The summed E-state index contributed by atoms with van der Waals surface area (Å²) in [5.74, 6) is -0.556. The van der Waals surface area contributed by atoms with Gasteiger partial charge in [-0.15, -0.1) is 0 Å². The summed E-state index contributed by atoms with van der Waals surface area (Å²) >= 11 is 0. The molecule has 0 aromatic heterocycles. The van der Waals surface area contributed by atoms with Crippen molar-refractivity contribution in [2.75, 3.05) is 0 Å². The molecule has 2 aliphatic rings. The maximum atomic E-state index is 11.0. The van der Waals surface area contributed by atoms with Crippen molar-refractivity contribution >= 4 is 5.97 Å². The van der Waals surface area contributed by atoms with Gasteiger partial charge in [-0.2, -0.15) is 0 Å². The largest absolute Gasteiger partial charge is 0.481 e. The first-order valence-electron chi connectivity index (χ1n) is 4.68. The van der Waals surface area contributed by atoms with Gasteiger partial charge in [0, 0.05) is 5.92 Å². The molecule has 2 rings (SSSR count). The molecule has 0 saturated carbocycles. The van der Waals surface area contributed by atoms with Gasteiger partial charge in [-0.25, -0.2) is 0 Å². The first-order chi connectivity index (χ1) is 6.11. The molecule has 0 aromatic carbocycles. The number of aliphatic carboxylic acids is 1. The van der Waals surface area contributed by atoms with Crippen molar-refractivity contribution in [1.82, 2.24) is 0 Å². The van der Waals surface area contributed by atoms with E-state index in [9.17, 15) is 4.79 Å². The molecule has 0 aliphatic carbocycles. The summed E-state index contributed by atoms with van der Waals surface area (Å²) in [6.07, 6.45) is 3.72. The van der Waals surface area contributed by atoms with Crippen LogP contribution in [0.15, 0.2) is 12.2 Å². The van der Waals surface area contributed by atoms with Gasteiger partial charge in [0.05, 0.1) is 18.1 Å². The summed E-state index contributed by atoms with van der Waals surface area (Å²) in [4.78, 5) is 11.0. The summed E-state index contributed by atoms with van der Waals surface area (Å²) in [6.45, 7) is 4.11. The van der Waals surface area contributed by atoms with E-state index in [0.717, 1.165) is 0 Å². The Balaban J connectivity index is 2.25. The van der Waals surface area contributed by atoms with Crippen molar-refractivity contribution in [3.8, 4) is 0 Å². The molecule has 0 radical (unpaired) electrons. The van der Waals surface area contributed by atoms with Crippen molar-refractivity contribution < 1.29 is 14.6 Å². The molecule has 4 atom stereocenters. The van der Waals surface area contributed by atoms with Gasteiger partial charge in [-0.1, -0.05) is 26.0 Å². The average Bonchev–Trinajstić information content (AvgIpc) is 2.60. The quantitative estimate of drug-likeness (QED) is 0.655. The molecule has 72 valence electrons. The van der Waals surface area contributed by atoms with Crippen LogP contribution in [0.3, 0.4) is 0 Å². The third kappa shape index (κ3) is 1.18. The fourth-order valence-electron chi connectivity index (χ4n) is 2.44. The molecule has 3 heteroatoms. The van der Waals surface area contributed by atoms with E-state index in [-0.39, 0.29) is 24.0 Å². The van der Waals surface area contributed by atoms with Crippen LogP contribution >= 0.6 is 0 Å². The van der Waals surface area contributed by atoms with Gasteiger partial charge in [0.15, 0.2) is 0 Å². The predicted molar refractivity (Wildman–Crippen MR) is 47.3 cm³/mol. The number of carbonyl (C=O) groups is 1. The van der Waals surface area contributed by atoms with E-state index < -0.39 is 5.97 Å². The van der Waals surface area contributed by atoms with Crippen molar-refractivity contribution in [1.29, 1.82) is 0 Å². The second-order valence-corrected chi connectivity index (χ2v) is 4.14. The Bertz CT molecular complexity index is 257. The zero-order valence-corrected chi connectivity index (χ0v) is 7.81. The minimum absolute atomic E-state index is 0.0334. The van der Waals surface area contributed by atoms with E-state index in [4.69, 9.17) is 9.84 Å². The minimum atomic E-state index is -0.726. The van der Waals surface area contributed by atoms with Crippen molar-refractivity contribution in [2.45, 2.75) is 26.1 Å². The highest BCUT2D eigenvalue weighted by molar-refractivity contribution is 5.72. The summed E-state index contributed by atoms with van der Waals surface area (Å²) in [5, 5.41) is 9.04. The van der Waals surface area contributed by atoms with E-state index in [1.807, 2.05) is 12.2 Å². The van der Waals surface area contributed by atoms with Crippen LogP contribution < -0.4 is 0 Å². The van der Waals surface area contributed by atoms with Crippen LogP contribution in [0.1, 0.15) is 13.8 Å². The average molecular weight is 182 g/mol. The second-order valence-electron chi connectivity index (χ2n) is 4.14. The fourth-order valence-corrected chi connectivity index (χ4v) is 2.44. The molecule has 2 aliphatic heterocycles. The molecule has 13 heavy (non-hydrogen) atoms. The Morgan fingerprint density at radius 1 is 1.38 bits per heavy atom. The van der Waals surface area contributed by atoms with Crippen molar-refractivity contribution in [2.24, 2.45) is 17.8 Å². The highest BCUT2D eigenvalue weighted by atomic mass is 16.5. The highest BCUT2D eigenvalue weighted by Gasteiger charge is 2.50. The van der Waals surface area contributed by atoms with Crippen LogP contribution in [0.2, 0.25) is 0 Å². The topological polar surface area (TPSA) is 46.5 Å². The first kappa shape index (κ1) is 8.75. The molecule has 3 nitrogen and oxygen atoms in total. The SMILES string of the molecule is CC(C)C1C2C=CC(O2)C1C(=O)O. The van der Waals surface area contributed by atoms with E-state index in [0.29, 0.717) is 5.92 Å². The summed E-state index contributed by atoms with van der Waals surface area (Å²) in [5.41, 5.74) is 0. The van der Waals surface area contributed by atoms with E-state index in [2.05, 4.69) is 13.8 Å². The Morgan fingerprint density at radius 3 is 2.46 bits per heavy atom. The normalized spacial score (nSPS) is 41.8. The van der Waals surface area contributed by atoms with E-state index in [1.165, 1.54) is 0 Å². The summed E-state index contributed by atoms with van der Waals surface area (Å²) in [7, 11) is 0. The third-order valence-electron chi connectivity index (χ3n) is 3.01. The van der Waals surface area contributed by atoms with Crippen LogP contribution in [-0.4, -0.2) is 23.3 Å². The summed E-state index contributed by atoms with van der Waals surface area (Å²) < 4.78 is 5.53. The molecule has 0 amide bonds. The number of fused-ring (bicyclic) bond motifs is 2. The smallest absolute Gasteiger partial charge is 0.309 e. The lowest BCUT2D eigenvalue weighted by Gasteiger charge is -2.24. The molecule has 4 unspecified atom stereocenters. The zero-order chi connectivity index (χ0) is 9.59. The van der Waals surface area contributed by atoms with Crippen molar-refractivity contribution in [3.63, 3.8) is 0 Å². The third-order valence-corrected chi connectivity index (χ3v) is 3.01. The Kier molecular flexibility index (Phi) is 1.91. The van der Waals surface area contributed by atoms with Crippen molar-refractivity contribution in [3.05, 3.63) is 12.2 Å². The lowest BCUT2D eigenvalue weighted by atomic mass is 9.76. The lowest BCUT2D eigenvalue weighted by molar-refractivity contribution is -0.144. The van der Waals surface area contributed by atoms with E-state index >= 15 is 0 Å². The molecular formula is C10H14O3. The molecule has 2 bridgehead atoms. The van der Waals surface area contributed by atoms with Crippen LogP contribution in [-0.2, 0) is 9.53 Å². The first-order valence-corrected chi connectivity index (χ1v) is 4.68. The molecule has 2 heterocycles. The van der Waals surface area contributed by atoms with Gasteiger partial charge in [0.1, 0.15) is 0 Å². The lowest BCUT2D eigenvalue weighted by Crippen LogP contribution is -2.34. The van der Waals surface area contributed by atoms with Gasteiger partial charge < -0.3 is 9.84 Å². The molecule has 1 fully saturated rings. The van der Waals surface area contributed by atoms with E-state index in [1.54, 1.807) is 0 Å². The molecule has 1 saturated heterocycles. The Labute approximate surface area is 77.4 Å². The predicted octanol–water partition coefficient (Wildman–Crippen LogP) is 1.30. The molecular weight excluding hydrogens is 168 g/mol. The number of carboxylic acids is 1. The Morgan fingerprint density at radius 2 is 2.00 bits per heavy atom. The number of hydrogen-bond donors (Lipinski definition) is 1. The highest BCUT2D eigenvalue weighted by Crippen LogP contribution is 2.42. The number of hydrogen-bond acceptors (Lipinski definition) is 2. The molecule has 0 aromatic rings. The minimum Gasteiger partial charge on any atom is -0.481 e. The fraction of sp³-hybridized carbons (Fsp3) is 0.700. The summed E-state index contributed by atoms with van der Waals surface area (Å²) in [6, 6.07) is 0.